The van der Waals surface area contributed by atoms with Crippen LogP contribution in [0.3, 0.4) is 0 Å². The fraction of sp³-hybridized carbons (Fsp3) is 0.379. The summed E-state index contributed by atoms with van der Waals surface area (Å²) >= 11 is 6.42. The van der Waals surface area contributed by atoms with Crippen LogP contribution >= 0.6 is 11.6 Å². The summed E-state index contributed by atoms with van der Waals surface area (Å²) in [4.78, 5) is 26.4. The number of carbonyl (C=O) groups excluding carboxylic acids is 1. The molecule has 0 unspecified atom stereocenters. The summed E-state index contributed by atoms with van der Waals surface area (Å²) in [6.45, 7) is 6.52. The monoisotopic (exact) mass is 562 g/mol. The maximum atomic E-state index is 12.8. The first kappa shape index (κ1) is 26.6. The summed E-state index contributed by atoms with van der Waals surface area (Å²) in [6, 6.07) is 20.6. The number of imidazole rings is 1. The number of hydrogen-bond donors (Lipinski definition) is 2. The molecule has 0 saturated carbocycles. The molecule has 2 N–H and O–H groups in total. The number of amides is 1. The third-order valence-electron chi connectivity index (χ3n) is 7.18. The molecule has 0 aliphatic carbocycles. The Balaban J connectivity index is 1.32. The Bertz CT molecular complexity index is 1460. The number of ether oxygens (including phenoxy) is 3. The van der Waals surface area contributed by atoms with E-state index in [1.807, 2.05) is 57.2 Å². The number of anilines is 1. The van der Waals surface area contributed by atoms with E-state index in [0.717, 1.165) is 0 Å². The molecule has 2 fully saturated rings. The minimum Gasteiger partial charge on any atom is -0.367 e. The number of rotatable bonds is 8. The van der Waals surface area contributed by atoms with Crippen LogP contribution in [0.2, 0.25) is 5.28 Å². The minimum absolute atomic E-state index is 0.0615. The van der Waals surface area contributed by atoms with Gasteiger partial charge in [0, 0.05) is 19.0 Å². The predicted molar refractivity (Wildman–Crippen MR) is 150 cm³/mol. The second-order valence-corrected chi connectivity index (χ2v) is 10.7. The smallest absolute Gasteiger partial charge is 0.252 e. The van der Waals surface area contributed by atoms with Gasteiger partial charge in [-0.2, -0.15) is 9.97 Å². The molecule has 4 atom stereocenters. The molecule has 2 aromatic carbocycles. The Hall–Kier alpha value is -3.57. The highest BCUT2D eigenvalue weighted by Crippen LogP contribution is 2.44. The number of fused-ring (bicyclic) bond motifs is 2. The number of carbonyl (C=O) groups is 1. The molecule has 0 radical (unpaired) electrons. The first-order valence-corrected chi connectivity index (χ1v) is 13.7. The summed E-state index contributed by atoms with van der Waals surface area (Å²) in [5, 5.41) is 6.34. The Morgan fingerprint density at radius 1 is 1.02 bits per heavy atom. The third kappa shape index (κ3) is 5.03. The maximum Gasteiger partial charge on any atom is 0.252 e. The van der Waals surface area contributed by atoms with E-state index in [1.165, 1.54) is 11.1 Å². The van der Waals surface area contributed by atoms with Crippen LogP contribution in [0.5, 0.6) is 0 Å². The van der Waals surface area contributed by atoms with Crippen molar-refractivity contribution < 1.29 is 19.0 Å². The summed E-state index contributed by atoms with van der Waals surface area (Å²) in [5.74, 6) is -0.559. The predicted octanol–water partition coefficient (Wildman–Crippen LogP) is 4.28. The van der Waals surface area contributed by atoms with Gasteiger partial charge in [-0.3, -0.25) is 9.36 Å². The molecule has 2 aliphatic heterocycles. The van der Waals surface area contributed by atoms with Crippen molar-refractivity contribution in [3.8, 4) is 0 Å². The van der Waals surface area contributed by atoms with Crippen LogP contribution < -0.4 is 10.6 Å². The first-order chi connectivity index (χ1) is 19.3. The molecule has 6 rings (SSSR count). The highest BCUT2D eigenvalue weighted by Gasteiger charge is 2.58. The van der Waals surface area contributed by atoms with Crippen LogP contribution in [0, 0.1) is 0 Å². The number of aromatic nitrogens is 4. The van der Waals surface area contributed by atoms with Gasteiger partial charge in [0.2, 0.25) is 5.28 Å². The number of halogens is 1. The Morgan fingerprint density at radius 3 is 2.33 bits per heavy atom. The Morgan fingerprint density at radius 2 is 1.68 bits per heavy atom. The summed E-state index contributed by atoms with van der Waals surface area (Å²) < 4.78 is 20.2. The van der Waals surface area contributed by atoms with Gasteiger partial charge in [-0.15, -0.1) is 0 Å². The fourth-order valence-electron chi connectivity index (χ4n) is 5.48. The van der Waals surface area contributed by atoms with Crippen LogP contribution in [-0.4, -0.2) is 62.6 Å². The topological polar surface area (TPSA) is 112 Å². The first-order valence-electron chi connectivity index (χ1n) is 13.4. The van der Waals surface area contributed by atoms with Crippen molar-refractivity contribution in [1.82, 2.24) is 24.8 Å². The molecule has 4 heterocycles. The van der Waals surface area contributed by atoms with E-state index in [9.17, 15) is 4.79 Å². The zero-order valence-electron chi connectivity index (χ0n) is 22.5. The van der Waals surface area contributed by atoms with Gasteiger partial charge in [-0.25, -0.2) is 4.98 Å². The van der Waals surface area contributed by atoms with Crippen molar-refractivity contribution in [2.75, 3.05) is 18.4 Å². The number of benzene rings is 2. The van der Waals surface area contributed by atoms with Gasteiger partial charge < -0.3 is 24.8 Å². The van der Waals surface area contributed by atoms with E-state index in [2.05, 4.69) is 49.9 Å². The van der Waals surface area contributed by atoms with Crippen LogP contribution in [0.25, 0.3) is 11.2 Å². The van der Waals surface area contributed by atoms with Gasteiger partial charge in [0.05, 0.1) is 6.33 Å². The highest BCUT2D eigenvalue weighted by atomic mass is 35.5. The van der Waals surface area contributed by atoms with E-state index >= 15 is 0 Å². The van der Waals surface area contributed by atoms with E-state index in [0.29, 0.717) is 30.1 Å². The number of hydrogen-bond acceptors (Lipinski definition) is 8. The molecule has 4 aromatic rings. The zero-order chi connectivity index (χ0) is 27.9. The molecule has 208 valence electrons. The van der Waals surface area contributed by atoms with Gasteiger partial charge in [0.25, 0.3) is 5.91 Å². The lowest BCUT2D eigenvalue weighted by Crippen LogP contribution is -2.42. The van der Waals surface area contributed by atoms with Crippen LogP contribution in [-0.2, 0) is 19.0 Å². The van der Waals surface area contributed by atoms with Crippen molar-refractivity contribution in [1.29, 1.82) is 0 Å². The summed E-state index contributed by atoms with van der Waals surface area (Å²) in [5.41, 5.74) is 3.34. The Labute approximate surface area is 237 Å². The fourth-order valence-corrected chi connectivity index (χ4v) is 5.65. The van der Waals surface area contributed by atoms with Gasteiger partial charge >= 0.3 is 0 Å². The molecular formula is C29H31ClN6O4. The maximum absolute atomic E-state index is 12.8. The van der Waals surface area contributed by atoms with Crippen LogP contribution in [0.4, 0.5) is 5.82 Å². The summed E-state index contributed by atoms with van der Waals surface area (Å²) in [6.07, 6.45) is -1.07. The minimum atomic E-state index is -0.873. The molecule has 1 amide bonds. The molecule has 10 nitrogen and oxygen atoms in total. The largest absolute Gasteiger partial charge is 0.367 e. The SMILES string of the molecule is CCNC(=O)[C@H]1O[C@@H](n2cnc3c(NCC(c4ccccc4)c4ccccc4)nc(Cl)nc32)[C@H]2OC(C)(C)O[C@@H]21. The van der Waals surface area contributed by atoms with Crippen molar-refractivity contribution in [3.63, 3.8) is 0 Å². The standard InChI is InChI=1S/C29H31ClN6O4/c1-4-31-26(37)22-21-23(40-29(2,3)39-21)27(38-22)36-16-33-20-24(34-28(30)35-25(20)36)32-15-19(17-11-7-5-8-12-17)18-13-9-6-10-14-18/h5-14,16,19,21-23,27H,4,15H2,1-3H3,(H,31,37)(H,32,34,35)/t21-,22+,23+,27-/m1/s1. The molecule has 2 aromatic heterocycles. The van der Waals surface area contributed by atoms with Gasteiger partial charge in [0.15, 0.2) is 35.1 Å². The number of nitrogens with zero attached hydrogens (tertiary/aromatic N) is 4. The van der Waals surface area contributed by atoms with E-state index in [4.69, 9.17) is 25.8 Å². The lowest BCUT2D eigenvalue weighted by molar-refractivity contribution is -0.197. The van der Waals surface area contributed by atoms with Gasteiger partial charge in [-0.1, -0.05) is 60.7 Å². The Kier molecular flexibility index (Phi) is 7.18. The highest BCUT2D eigenvalue weighted by molar-refractivity contribution is 6.28. The molecule has 2 saturated heterocycles. The molecule has 2 aliphatic rings. The third-order valence-corrected chi connectivity index (χ3v) is 7.35. The quantitative estimate of drug-likeness (QED) is 0.306. The number of nitrogens with one attached hydrogen (secondary N) is 2. The molecule has 40 heavy (non-hydrogen) atoms. The molecule has 11 heteroatoms. The number of likely N-dealkylation sites (N-methyl/N-ethyl adjacent to an activating group) is 1. The lowest BCUT2D eigenvalue weighted by Gasteiger charge is -2.24. The normalized spacial score (nSPS) is 23.4. The lowest BCUT2D eigenvalue weighted by atomic mass is 9.91. The summed E-state index contributed by atoms with van der Waals surface area (Å²) in [7, 11) is 0. The van der Waals surface area contributed by atoms with Gasteiger partial charge in [0.1, 0.15) is 12.2 Å². The van der Waals surface area contributed by atoms with E-state index in [1.54, 1.807) is 10.9 Å². The van der Waals surface area contributed by atoms with E-state index in [-0.39, 0.29) is 17.1 Å². The van der Waals surface area contributed by atoms with E-state index < -0.39 is 30.3 Å². The second kappa shape index (κ2) is 10.8. The van der Waals surface area contributed by atoms with Crippen molar-refractivity contribution in [2.24, 2.45) is 0 Å². The second-order valence-electron chi connectivity index (χ2n) is 10.3. The zero-order valence-corrected chi connectivity index (χ0v) is 23.2. The van der Waals surface area contributed by atoms with Gasteiger partial charge in [-0.05, 0) is 43.5 Å². The van der Waals surface area contributed by atoms with Crippen molar-refractivity contribution in [2.45, 2.75) is 57.0 Å². The molecule has 0 spiro atoms. The van der Waals surface area contributed by atoms with Crippen LogP contribution in [0.15, 0.2) is 67.0 Å². The molecule has 0 bridgehead atoms. The van der Waals surface area contributed by atoms with Crippen molar-refractivity contribution in [3.05, 3.63) is 83.4 Å². The average Bonchev–Trinajstić information content (AvgIpc) is 3.60. The molecular weight excluding hydrogens is 532 g/mol. The van der Waals surface area contributed by atoms with Crippen LogP contribution in [0.1, 0.15) is 44.0 Å². The van der Waals surface area contributed by atoms with Crippen molar-refractivity contribution >= 4 is 34.5 Å². The average molecular weight is 563 g/mol.